The van der Waals surface area contributed by atoms with Crippen molar-refractivity contribution in [3.8, 4) is 0 Å². The van der Waals surface area contributed by atoms with Gasteiger partial charge in [-0.3, -0.25) is 0 Å². The van der Waals surface area contributed by atoms with Crippen LogP contribution in [-0.2, 0) is 0 Å². The predicted octanol–water partition coefficient (Wildman–Crippen LogP) is 1.57. The highest BCUT2D eigenvalue weighted by Crippen LogP contribution is 2.06. The molecule has 0 aliphatic carbocycles. The van der Waals surface area contributed by atoms with E-state index in [9.17, 15) is 0 Å². The van der Waals surface area contributed by atoms with Gasteiger partial charge in [0.15, 0.2) is 0 Å². The highest BCUT2D eigenvalue weighted by Gasteiger charge is 1.79. The van der Waals surface area contributed by atoms with Crippen molar-refractivity contribution in [1.82, 2.24) is 5.53 Å². The number of hydrogen-bond acceptors (Lipinski definition) is 1. The van der Waals surface area contributed by atoms with E-state index in [4.69, 9.17) is 12.4 Å². The first-order chi connectivity index (χ1) is 6.00. The van der Waals surface area contributed by atoms with E-state index >= 15 is 0 Å². The van der Waals surface area contributed by atoms with E-state index < -0.39 is 35.9 Å². The molecule has 1 aromatic rings. The molecule has 1 radical (unpaired) electrons. The van der Waals surface area contributed by atoms with Gasteiger partial charge >= 0.3 is 0 Å². The second-order valence-electron chi connectivity index (χ2n) is 1.07. The molecule has 1 rings (SSSR count). The Morgan fingerprint density at radius 2 is 2.00 bits per heavy atom. The standard InChI is InChI=1S/C6H5N2/c7-8-6-4-2-1-3-5-6/h1-5H/i1D,2D,3D,4D,5D. The normalized spacial score (nSPS) is 17.2. The predicted molar refractivity (Wildman–Crippen MR) is 30.7 cm³/mol. The monoisotopic (exact) mass is 110 g/mol. The van der Waals surface area contributed by atoms with Crippen LogP contribution in [0.5, 0.6) is 0 Å². The average molecular weight is 110 g/mol. The maximum absolute atomic E-state index is 8.40. The summed E-state index contributed by atoms with van der Waals surface area (Å²) in [7, 11) is 0. The molecule has 0 saturated carbocycles. The van der Waals surface area contributed by atoms with Gasteiger partial charge in [0.2, 0.25) is 0 Å². The van der Waals surface area contributed by atoms with Crippen molar-refractivity contribution in [2.24, 2.45) is 5.11 Å². The van der Waals surface area contributed by atoms with Gasteiger partial charge in [-0.1, -0.05) is 18.1 Å². The Morgan fingerprint density at radius 3 is 2.50 bits per heavy atom. The Kier molecular flexibility index (Phi) is 0.457. The molecule has 0 unspecified atom stereocenters. The molecular formula is C6H5N2. The lowest BCUT2D eigenvalue weighted by atomic mass is 10.3. The Balaban J connectivity index is 3.66. The van der Waals surface area contributed by atoms with E-state index in [0.29, 0.717) is 0 Å². The second kappa shape index (κ2) is 2.21. The van der Waals surface area contributed by atoms with Crippen LogP contribution in [0.2, 0.25) is 0 Å². The molecule has 2 heteroatoms. The van der Waals surface area contributed by atoms with E-state index in [-0.39, 0.29) is 0 Å². The van der Waals surface area contributed by atoms with Crippen LogP contribution < -0.4 is 5.53 Å². The van der Waals surface area contributed by atoms with Crippen LogP contribution in [0.1, 0.15) is 6.85 Å². The van der Waals surface area contributed by atoms with Crippen LogP contribution in [0.4, 0.5) is 5.69 Å². The lowest BCUT2D eigenvalue weighted by molar-refractivity contribution is 1.30. The molecule has 0 atom stereocenters. The summed E-state index contributed by atoms with van der Waals surface area (Å²) in [4.78, 5) is 0. The summed E-state index contributed by atoms with van der Waals surface area (Å²) in [5, 5.41) is 2.63. The molecule has 0 N–H and O–H groups in total. The minimum absolute atomic E-state index is 0.439. The third-order valence-corrected chi connectivity index (χ3v) is 0.587. The van der Waals surface area contributed by atoms with Crippen molar-refractivity contribution in [1.29, 1.82) is 0 Å². The molecule has 0 saturated heterocycles. The van der Waals surface area contributed by atoms with Crippen molar-refractivity contribution >= 4 is 5.69 Å². The highest BCUT2D eigenvalue weighted by molar-refractivity contribution is 5.34. The van der Waals surface area contributed by atoms with Crippen LogP contribution in [0.25, 0.3) is 0 Å². The Hall–Kier alpha value is -1.18. The molecule has 8 heavy (non-hydrogen) atoms. The van der Waals surface area contributed by atoms with Gasteiger partial charge in [0.1, 0.15) is 0 Å². The molecule has 0 aliphatic rings. The van der Waals surface area contributed by atoms with Gasteiger partial charge in [0, 0.05) is 0 Å². The first-order valence-corrected chi connectivity index (χ1v) is 1.92. The lowest BCUT2D eigenvalue weighted by Gasteiger charge is -1.82. The van der Waals surface area contributed by atoms with Crippen LogP contribution in [0, 0.1) is 0 Å². The molecule has 2 nitrogen and oxygen atoms in total. The minimum atomic E-state index is -0.506. The molecule has 0 bridgehead atoms. The van der Waals surface area contributed by atoms with Crippen molar-refractivity contribution in [2.75, 3.05) is 0 Å². The topological polar surface area (TPSA) is 34.7 Å². The van der Waals surface area contributed by atoms with Crippen molar-refractivity contribution in [3.63, 3.8) is 0 Å². The Labute approximate surface area is 54.7 Å². The van der Waals surface area contributed by atoms with Gasteiger partial charge in [0.25, 0.3) is 0 Å². The third-order valence-electron chi connectivity index (χ3n) is 0.587. The fraction of sp³-hybridized carbons (Fsp3) is 0. The first kappa shape index (κ1) is 1.65. The largest absolute Gasteiger partial charge is 0.129 e. The van der Waals surface area contributed by atoms with Gasteiger partial charge in [-0.05, 0) is 17.6 Å². The third kappa shape index (κ3) is 0.904. The summed E-state index contributed by atoms with van der Waals surface area (Å²) in [6, 6.07) is -2.52. The zero-order chi connectivity index (χ0) is 10.2. The Morgan fingerprint density at radius 1 is 1.38 bits per heavy atom. The summed E-state index contributed by atoms with van der Waals surface area (Å²) in [6.45, 7) is 0. The molecular weight excluding hydrogens is 100 g/mol. The maximum Gasteiger partial charge on any atom is 0.0875 e. The van der Waals surface area contributed by atoms with E-state index in [2.05, 4.69) is 5.11 Å². The fourth-order valence-corrected chi connectivity index (χ4v) is 0.293. The second-order valence-corrected chi connectivity index (χ2v) is 1.07. The van der Waals surface area contributed by atoms with E-state index in [0.717, 1.165) is 0 Å². The summed E-state index contributed by atoms with van der Waals surface area (Å²) in [6.07, 6.45) is 0. The molecule has 1 aromatic carbocycles. The van der Waals surface area contributed by atoms with Crippen LogP contribution >= 0.6 is 0 Å². The van der Waals surface area contributed by atoms with Crippen LogP contribution in [-0.4, -0.2) is 0 Å². The van der Waals surface area contributed by atoms with Gasteiger partial charge in [-0.25, -0.2) is 0 Å². The first-order valence-electron chi connectivity index (χ1n) is 4.42. The molecule has 39 valence electrons. The maximum atomic E-state index is 8.40. The van der Waals surface area contributed by atoms with Gasteiger partial charge in [-0.15, -0.1) is 5.11 Å². The van der Waals surface area contributed by atoms with Crippen LogP contribution in [0.15, 0.2) is 35.3 Å². The van der Waals surface area contributed by atoms with Crippen molar-refractivity contribution in [2.45, 2.75) is 0 Å². The summed E-state index contributed by atoms with van der Waals surface area (Å²) in [5.41, 5.74) is 7.96. The van der Waals surface area contributed by atoms with Crippen LogP contribution in [0.3, 0.4) is 0 Å². The zero-order valence-electron chi connectivity index (χ0n) is 8.89. The van der Waals surface area contributed by atoms with Crippen molar-refractivity contribution in [3.05, 3.63) is 30.2 Å². The lowest BCUT2D eigenvalue weighted by Crippen LogP contribution is -1.58. The SMILES string of the molecule is [2H]c1c([2H])c([2H])c(N=[N])c([2H])c1[2H]. The van der Waals surface area contributed by atoms with Gasteiger partial charge in [-0.2, -0.15) is 0 Å². The van der Waals surface area contributed by atoms with Gasteiger partial charge < -0.3 is 0 Å². The number of hydrogen-bond donors (Lipinski definition) is 0. The average Bonchev–Trinajstić information content (AvgIpc) is 2.13. The molecule has 0 heterocycles. The smallest absolute Gasteiger partial charge is 0.0875 e. The number of benzene rings is 1. The number of rotatable bonds is 1. The number of nitrogens with zero attached hydrogens (tertiary/aromatic N) is 2. The fourth-order valence-electron chi connectivity index (χ4n) is 0.293. The molecule has 0 spiro atoms. The molecule has 0 fully saturated rings. The van der Waals surface area contributed by atoms with E-state index in [1.807, 2.05) is 0 Å². The van der Waals surface area contributed by atoms with E-state index in [1.54, 1.807) is 0 Å². The zero-order valence-corrected chi connectivity index (χ0v) is 3.89. The molecule has 0 amide bonds. The van der Waals surface area contributed by atoms with Crippen molar-refractivity contribution < 1.29 is 6.85 Å². The Bertz CT molecular complexity index is 347. The quantitative estimate of drug-likeness (QED) is 0.492. The molecule has 0 aromatic heterocycles. The highest BCUT2D eigenvalue weighted by atomic mass is 14.9. The minimum Gasteiger partial charge on any atom is -0.129 e. The summed E-state index contributed by atoms with van der Waals surface area (Å²) in [5.74, 6) is 0. The molecule has 0 aliphatic heterocycles. The van der Waals surface area contributed by atoms with E-state index in [1.165, 1.54) is 0 Å². The van der Waals surface area contributed by atoms with Gasteiger partial charge in [0.05, 0.1) is 12.5 Å². The summed E-state index contributed by atoms with van der Waals surface area (Å²) < 4.78 is 35.9. The summed E-state index contributed by atoms with van der Waals surface area (Å²) >= 11 is 0.